The molecule has 0 aromatic carbocycles. The van der Waals surface area contributed by atoms with Crippen LogP contribution in [0.15, 0.2) is 6.20 Å². The van der Waals surface area contributed by atoms with Crippen molar-refractivity contribution >= 4 is 0 Å². The van der Waals surface area contributed by atoms with E-state index in [9.17, 15) is 0 Å². The minimum atomic E-state index is 1.02. The molecule has 0 spiro atoms. The van der Waals surface area contributed by atoms with Gasteiger partial charge in [-0.2, -0.15) is 10.2 Å². The Morgan fingerprint density at radius 1 is 1.22 bits per heavy atom. The van der Waals surface area contributed by atoms with Crippen molar-refractivity contribution in [3.05, 3.63) is 23.0 Å². The number of hydrogen-bond acceptors (Lipinski definition) is 2. The van der Waals surface area contributed by atoms with Crippen LogP contribution in [0.5, 0.6) is 0 Å². The quantitative estimate of drug-likeness (QED) is 0.519. The van der Waals surface area contributed by atoms with E-state index in [1.807, 2.05) is 13.8 Å². The third kappa shape index (κ3) is 1.07. The molecule has 1 rings (SSSR count). The first-order valence-corrected chi connectivity index (χ1v) is 2.97. The van der Waals surface area contributed by atoms with Crippen LogP contribution < -0.4 is 0 Å². The maximum absolute atomic E-state index is 3.89. The summed E-state index contributed by atoms with van der Waals surface area (Å²) < 4.78 is 0. The van der Waals surface area contributed by atoms with E-state index in [2.05, 4.69) is 17.1 Å². The maximum atomic E-state index is 3.89. The van der Waals surface area contributed by atoms with Gasteiger partial charge in [0.15, 0.2) is 0 Å². The lowest BCUT2D eigenvalue weighted by Gasteiger charge is -1.98. The maximum Gasteiger partial charge on any atom is 0.0631 e. The van der Waals surface area contributed by atoms with Crippen molar-refractivity contribution in [2.45, 2.75) is 20.8 Å². The number of rotatable bonds is 0. The van der Waals surface area contributed by atoms with Crippen LogP contribution in [0.25, 0.3) is 0 Å². The molecule has 1 heterocycles. The number of nitrogens with zero attached hydrogens (tertiary/aromatic N) is 2. The standard InChI is InChI=1S/C7H10N2/c1-5-4-8-9-7(3)6(5)2/h4H,1-3H3. The molecule has 0 atom stereocenters. The molecule has 2 heteroatoms. The summed E-state index contributed by atoms with van der Waals surface area (Å²) >= 11 is 0. The highest BCUT2D eigenvalue weighted by molar-refractivity contribution is 5.23. The minimum Gasteiger partial charge on any atom is -0.159 e. The zero-order valence-corrected chi connectivity index (χ0v) is 5.97. The Balaban J connectivity index is 3.25. The van der Waals surface area contributed by atoms with Gasteiger partial charge in [-0.15, -0.1) is 0 Å². The fourth-order valence-corrected chi connectivity index (χ4v) is 0.659. The molecular weight excluding hydrogens is 112 g/mol. The molecule has 1 aromatic rings. The van der Waals surface area contributed by atoms with Gasteiger partial charge >= 0.3 is 0 Å². The molecule has 0 N–H and O–H groups in total. The van der Waals surface area contributed by atoms with E-state index in [0.29, 0.717) is 0 Å². The van der Waals surface area contributed by atoms with Gasteiger partial charge in [-0.25, -0.2) is 0 Å². The van der Waals surface area contributed by atoms with Gasteiger partial charge in [0.1, 0.15) is 0 Å². The van der Waals surface area contributed by atoms with Crippen molar-refractivity contribution in [2.75, 3.05) is 0 Å². The van der Waals surface area contributed by atoms with Crippen LogP contribution in [0, 0.1) is 20.8 Å². The second-order valence-electron chi connectivity index (χ2n) is 2.24. The van der Waals surface area contributed by atoms with Gasteiger partial charge in [0.2, 0.25) is 0 Å². The van der Waals surface area contributed by atoms with Gasteiger partial charge in [-0.05, 0) is 31.9 Å². The lowest BCUT2D eigenvalue weighted by molar-refractivity contribution is 0.944. The normalized spacial score (nSPS) is 9.67. The fraction of sp³-hybridized carbons (Fsp3) is 0.429. The second-order valence-corrected chi connectivity index (χ2v) is 2.24. The first-order valence-electron chi connectivity index (χ1n) is 2.97. The molecule has 48 valence electrons. The summed E-state index contributed by atoms with van der Waals surface area (Å²) in [5.74, 6) is 0. The molecular formula is C7H10N2. The van der Waals surface area contributed by atoms with Crippen LogP contribution in [0.1, 0.15) is 16.8 Å². The van der Waals surface area contributed by atoms with Gasteiger partial charge in [0, 0.05) is 0 Å². The van der Waals surface area contributed by atoms with Crippen LogP contribution in [0.2, 0.25) is 0 Å². The molecule has 0 aliphatic carbocycles. The predicted octanol–water partition coefficient (Wildman–Crippen LogP) is 1.40. The SMILES string of the molecule is Cc1cnnc(C)c1C. The Labute approximate surface area is 54.9 Å². The van der Waals surface area contributed by atoms with E-state index >= 15 is 0 Å². The first kappa shape index (κ1) is 6.20. The summed E-state index contributed by atoms with van der Waals surface area (Å²) in [6.45, 7) is 6.06. The summed E-state index contributed by atoms with van der Waals surface area (Å²) in [5.41, 5.74) is 3.47. The van der Waals surface area contributed by atoms with Crippen molar-refractivity contribution in [2.24, 2.45) is 0 Å². The molecule has 0 fully saturated rings. The van der Waals surface area contributed by atoms with Crippen LogP contribution >= 0.6 is 0 Å². The van der Waals surface area contributed by atoms with Crippen molar-refractivity contribution in [3.63, 3.8) is 0 Å². The molecule has 0 bridgehead atoms. The van der Waals surface area contributed by atoms with E-state index in [-0.39, 0.29) is 0 Å². The molecule has 0 saturated heterocycles. The minimum absolute atomic E-state index is 1.02. The lowest BCUT2D eigenvalue weighted by atomic mass is 10.2. The van der Waals surface area contributed by atoms with Crippen LogP contribution in [-0.4, -0.2) is 10.2 Å². The average molecular weight is 122 g/mol. The van der Waals surface area contributed by atoms with E-state index in [0.717, 1.165) is 5.69 Å². The van der Waals surface area contributed by atoms with E-state index in [1.54, 1.807) is 6.20 Å². The average Bonchev–Trinajstić information content (AvgIpc) is 1.83. The van der Waals surface area contributed by atoms with Gasteiger partial charge in [0.05, 0.1) is 11.9 Å². The number of hydrogen-bond donors (Lipinski definition) is 0. The van der Waals surface area contributed by atoms with Crippen LogP contribution in [0.3, 0.4) is 0 Å². The van der Waals surface area contributed by atoms with Crippen molar-refractivity contribution in [1.82, 2.24) is 10.2 Å². The molecule has 0 unspecified atom stereocenters. The Hall–Kier alpha value is -0.920. The summed E-state index contributed by atoms with van der Waals surface area (Å²) in [5, 5.41) is 7.68. The third-order valence-electron chi connectivity index (χ3n) is 1.59. The molecule has 0 amide bonds. The Kier molecular flexibility index (Phi) is 1.47. The third-order valence-corrected chi connectivity index (χ3v) is 1.59. The molecule has 0 radical (unpaired) electrons. The molecule has 9 heavy (non-hydrogen) atoms. The first-order chi connectivity index (χ1) is 4.22. The van der Waals surface area contributed by atoms with E-state index in [4.69, 9.17) is 0 Å². The summed E-state index contributed by atoms with van der Waals surface area (Å²) in [7, 11) is 0. The summed E-state index contributed by atoms with van der Waals surface area (Å²) in [4.78, 5) is 0. The topological polar surface area (TPSA) is 25.8 Å². The predicted molar refractivity (Wildman–Crippen MR) is 36.2 cm³/mol. The Morgan fingerprint density at radius 3 is 2.33 bits per heavy atom. The highest BCUT2D eigenvalue weighted by Crippen LogP contribution is 2.05. The zero-order valence-electron chi connectivity index (χ0n) is 5.97. The smallest absolute Gasteiger partial charge is 0.0631 e. The highest BCUT2D eigenvalue weighted by Gasteiger charge is 1.94. The lowest BCUT2D eigenvalue weighted by Crippen LogP contribution is -1.92. The molecule has 0 aliphatic rings. The molecule has 0 saturated carbocycles. The van der Waals surface area contributed by atoms with E-state index < -0.39 is 0 Å². The van der Waals surface area contributed by atoms with Gasteiger partial charge in [-0.1, -0.05) is 0 Å². The van der Waals surface area contributed by atoms with Gasteiger partial charge in [-0.3, -0.25) is 0 Å². The van der Waals surface area contributed by atoms with Gasteiger partial charge in [0.25, 0.3) is 0 Å². The van der Waals surface area contributed by atoms with Crippen molar-refractivity contribution in [1.29, 1.82) is 0 Å². The zero-order chi connectivity index (χ0) is 6.85. The van der Waals surface area contributed by atoms with Crippen molar-refractivity contribution < 1.29 is 0 Å². The number of aryl methyl sites for hydroxylation is 2. The number of aromatic nitrogens is 2. The highest BCUT2D eigenvalue weighted by atomic mass is 15.1. The summed E-state index contributed by atoms with van der Waals surface area (Å²) in [6, 6.07) is 0. The molecule has 0 aliphatic heterocycles. The van der Waals surface area contributed by atoms with E-state index in [1.165, 1.54) is 11.1 Å². The monoisotopic (exact) mass is 122 g/mol. The largest absolute Gasteiger partial charge is 0.159 e. The van der Waals surface area contributed by atoms with Crippen LogP contribution in [0.4, 0.5) is 0 Å². The summed E-state index contributed by atoms with van der Waals surface area (Å²) in [6.07, 6.45) is 1.78. The van der Waals surface area contributed by atoms with Crippen molar-refractivity contribution in [3.8, 4) is 0 Å². The Morgan fingerprint density at radius 2 is 1.89 bits per heavy atom. The second kappa shape index (κ2) is 2.13. The molecule has 1 aromatic heterocycles. The fourth-order valence-electron chi connectivity index (χ4n) is 0.659. The van der Waals surface area contributed by atoms with Gasteiger partial charge < -0.3 is 0 Å². The van der Waals surface area contributed by atoms with Crippen LogP contribution in [-0.2, 0) is 0 Å². The molecule has 2 nitrogen and oxygen atoms in total. The Bertz CT molecular complexity index is 198.